The minimum atomic E-state index is -0.531. The first-order chi connectivity index (χ1) is 10.8. The molecule has 1 saturated carbocycles. The number of ether oxygens (including phenoxy) is 2. The second-order valence-electron chi connectivity index (χ2n) is 7.32. The summed E-state index contributed by atoms with van der Waals surface area (Å²) in [5.74, 6) is 0.0510. The molecule has 2 aliphatic carbocycles. The third kappa shape index (κ3) is 2.99. The molecule has 0 radical (unpaired) electrons. The van der Waals surface area contributed by atoms with E-state index in [-0.39, 0.29) is 18.5 Å². The standard InChI is InChI=1S/C17H24N2O4/c1-5-22-16(21)14-13-10-6-7-11(8-10)15(13)19(18-14)9-12(20)23-17(2,3)4/h10-11H,5-9H2,1-4H3. The topological polar surface area (TPSA) is 70.4 Å². The van der Waals surface area contributed by atoms with Crippen LogP contribution >= 0.6 is 0 Å². The molecule has 2 atom stereocenters. The molecular formula is C17H24N2O4. The van der Waals surface area contributed by atoms with Crippen LogP contribution < -0.4 is 0 Å². The van der Waals surface area contributed by atoms with Crippen LogP contribution in [0.4, 0.5) is 0 Å². The Morgan fingerprint density at radius 3 is 2.61 bits per heavy atom. The Hall–Kier alpha value is -1.85. The van der Waals surface area contributed by atoms with Crippen molar-refractivity contribution in [2.75, 3.05) is 6.61 Å². The number of rotatable bonds is 4. The largest absolute Gasteiger partial charge is 0.461 e. The molecule has 2 unspecified atom stereocenters. The number of carbonyl (C=O) groups excluding carboxylic acids is 2. The van der Waals surface area contributed by atoms with Crippen molar-refractivity contribution in [3.05, 3.63) is 17.0 Å². The Morgan fingerprint density at radius 2 is 1.96 bits per heavy atom. The zero-order valence-electron chi connectivity index (χ0n) is 14.2. The third-order valence-corrected chi connectivity index (χ3v) is 4.43. The van der Waals surface area contributed by atoms with Gasteiger partial charge in [0.25, 0.3) is 0 Å². The van der Waals surface area contributed by atoms with E-state index in [0.717, 1.165) is 30.5 Å². The molecule has 0 saturated heterocycles. The Morgan fingerprint density at radius 1 is 1.26 bits per heavy atom. The van der Waals surface area contributed by atoms with Gasteiger partial charge < -0.3 is 9.47 Å². The molecule has 1 heterocycles. The van der Waals surface area contributed by atoms with E-state index in [9.17, 15) is 9.59 Å². The fourth-order valence-corrected chi connectivity index (χ4v) is 3.78. The molecule has 1 aromatic heterocycles. The van der Waals surface area contributed by atoms with E-state index < -0.39 is 5.60 Å². The van der Waals surface area contributed by atoms with Gasteiger partial charge in [0.2, 0.25) is 0 Å². The molecule has 3 rings (SSSR count). The molecule has 0 aromatic carbocycles. The summed E-state index contributed by atoms with van der Waals surface area (Å²) in [5.41, 5.74) is 1.90. The fourth-order valence-electron chi connectivity index (χ4n) is 3.78. The van der Waals surface area contributed by atoms with E-state index in [1.807, 2.05) is 20.8 Å². The van der Waals surface area contributed by atoms with Gasteiger partial charge in [0, 0.05) is 17.2 Å². The van der Waals surface area contributed by atoms with Crippen LogP contribution in [0.5, 0.6) is 0 Å². The highest BCUT2D eigenvalue weighted by Gasteiger charge is 2.44. The molecule has 1 aromatic rings. The highest BCUT2D eigenvalue weighted by molar-refractivity contribution is 5.90. The third-order valence-electron chi connectivity index (χ3n) is 4.43. The van der Waals surface area contributed by atoms with Crippen LogP contribution in [-0.2, 0) is 20.8 Å². The summed E-state index contributed by atoms with van der Waals surface area (Å²) in [4.78, 5) is 24.3. The Bertz CT molecular complexity index is 642. The predicted octanol–water partition coefficient (Wildman–Crippen LogP) is 2.77. The van der Waals surface area contributed by atoms with Gasteiger partial charge in [0.1, 0.15) is 12.1 Å². The van der Waals surface area contributed by atoms with Gasteiger partial charge >= 0.3 is 11.9 Å². The van der Waals surface area contributed by atoms with Gasteiger partial charge in [-0.3, -0.25) is 9.48 Å². The smallest absolute Gasteiger partial charge is 0.359 e. The molecular weight excluding hydrogens is 296 g/mol. The number of hydrogen-bond donors (Lipinski definition) is 0. The maximum atomic E-state index is 12.2. The normalized spacial score (nSPS) is 22.1. The van der Waals surface area contributed by atoms with Gasteiger partial charge in [-0.05, 0) is 52.9 Å². The van der Waals surface area contributed by atoms with Crippen LogP contribution in [0, 0.1) is 0 Å². The highest BCUT2D eigenvalue weighted by Crippen LogP contribution is 2.54. The van der Waals surface area contributed by atoms with Crippen LogP contribution in [0.3, 0.4) is 0 Å². The molecule has 1 fully saturated rings. The molecule has 0 amide bonds. The lowest BCUT2D eigenvalue weighted by Crippen LogP contribution is -2.27. The van der Waals surface area contributed by atoms with Crippen molar-refractivity contribution >= 4 is 11.9 Å². The van der Waals surface area contributed by atoms with E-state index >= 15 is 0 Å². The summed E-state index contributed by atoms with van der Waals surface area (Å²) in [6.45, 7) is 7.66. The monoisotopic (exact) mass is 320 g/mol. The van der Waals surface area contributed by atoms with E-state index in [0.29, 0.717) is 24.1 Å². The lowest BCUT2D eigenvalue weighted by molar-refractivity contribution is -0.155. The lowest BCUT2D eigenvalue weighted by Gasteiger charge is -2.20. The van der Waals surface area contributed by atoms with Crippen molar-refractivity contribution in [2.24, 2.45) is 0 Å². The molecule has 0 aliphatic heterocycles. The maximum absolute atomic E-state index is 12.2. The van der Waals surface area contributed by atoms with Gasteiger partial charge in [-0.2, -0.15) is 5.10 Å². The SMILES string of the molecule is CCOC(=O)c1nn(CC(=O)OC(C)(C)C)c2c1C1CCC2C1. The summed E-state index contributed by atoms with van der Waals surface area (Å²) in [6, 6.07) is 0. The number of fused-ring (bicyclic) bond motifs is 5. The summed E-state index contributed by atoms with van der Waals surface area (Å²) in [5, 5.41) is 4.40. The van der Waals surface area contributed by atoms with Crippen molar-refractivity contribution in [1.82, 2.24) is 9.78 Å². The van der Waals surface area contributed by atoms with Gasteiger partial charge in [-0.15, -0.1) is 0 Å². The zero-order chi connectivity index (χ0) is 16.8. The molecule has 6 heteroatoms. The van der Waals surface area contributed by atoms with Crippen LogP contribution in [0.2, 0.25) is 0 Å². The molecule has 0 N–H and O–H groups in total. The van der Waals surface area contributed by atoms with Gasteiger partial charge in [-0.25, -0.2) is 4.79 Å². The summed E-state index contributed by atoms with van der Waals surface area (Å²) >= 11 is 0. The van der Waals surface area contributed by atoms with Crippen LogP contribution in [0.25, 0.3) is 0 Å². The first kappa shape index (κ1) is 16.0. The molecule has 6 nitrogen and oxygen atoms in total. The van der Waals surface area contributed by atoms with E-state index in [1.54, 1.807) is 11.6 Å². The fraction of sp³-hybridized carbons (Fsp3) is 0.706. The highest BCUT2D eigenvalue weighted by atomic mass is 16.6. The Kier molecular flexibility index (Phi) is 3.94. The summed E-state index contributed by atoms with van der Waals surface area (Å²) in [7, 11) is 0. The Balaban J connectivity index is 1.90. The van der Waals surface area contributed by atoms with Gasteiger partial charge in [0.05, 0.1) is 6.61 Å². The van der Waals surface area contributed by atoms with Gasteiger partial charge in [-0.1, -0.05) is 0 Å². The molecule has 126 valence electrons. The maximum Gasteiger partial charge on any atom is 0.359 e. The molecule has 2 bridgehead atoms. The van der Waals surface area contributed by atoms with Crippen molar-refractivity contribution in [3.8, 4) is 0 Å². The minimum Gasteiger partial charge on any atom is -0.461 e. The van der Waals surface area contributed by atoms with Crippen molar-refractivity contribution < 1.29 is 19.1 Å². The first-order valence-electron chi connectivity index (χ1n) is 8.29. The minimum absolute atomic E-state index is 0.0439. The first-order valence-corrected chi connectivity index (χ1v) is 8.29. The Labute approximate surface area is 136 Å². The van der Waals surface area contributed by atoms with Crippen LogP contribution in [0.15, 0.2) is 0 Å². The average molecular weight is 320 g/mol. The second-order valence-corrected chi connectivity index (χ2v) is 7.32. The number of aromatic nitrogens is 2. The van der Waals surface area contributed by atoms with E-state index in [4.69, 9.17) is 9.47 Å². The van der Waals surface area contributed by atoms with Crippen LogP contribution in [-0.4, -0.2) is 33.9 Å². The summed E-state index contributed by atoms with van der Waals surface area (Å²) < 4.78 is 12.2. The number of hydrogen-bond acceptors (Lipinski definition) is 5. The molecule has 0 spiro atoms. The van der Waals surface area contributed by atoms with E-state index in [2.05, 4.69) is 5.10 Å². The number of carbonyl (C=O) groups is 2. The molecule has 23 heavy (non-hydrogen) atoms. The van der Waals surface area contributed by atoms with Crippen molar-refractivity contribution in [2.45, 2.75) is 70.9 Å². The average Bonchev–Trinajstić information content (AvgIpc) is 3.08. The second kappa shape index (κ2) is 5.65. The predicted molar refractivity (Wildman–Crippen MR) is 83.4 cm³/mol. The van der Waals surface area contributed by atoms with Crippen molar-refractivity contribution in [3.63, 3.8) is 0 Å². The van der Waals surface area contributed by atoms with Crippen LogP contribution in [0.1, 0.15) is 80.5 Å². The number of nitrogens with zero attached hydrogens (tertiary/aromatic N) is 2. The number of esters is 2. The van der Waals surface area contributed by atoms with E-state index in [1.165, 1.54) is 0 Å². The van der Waals surface area contributed by atoms with Crippen molar-refractivity contribution in [1.29, 1.82) is 0 Å². The zero-order valence-corrected chi connectivity index (χ0v) is 14.2. The lowest BCUT2D eigenvalue weighted by atomic mass is 9.95. The van der Waals surface area contributed by atoms with Gasteiger partial charge in [0.15, 0.2) is 5.69 Å². The quantitative estimate of drug-likeness (QED) is 0.798. The summed E-state index contributed by atoms with van der Waals surface area (Å²) in [6.07, 6.45) is 3.23. The molecule has 2 aliphatic rings.